The zero-order chi connectivity index (χ0) is 23.8. The Bertz CT molecular complexity index is 977. The lowest BCUT2D eigenvalue weighted by Crippen LogP contribution is -2.48. The summed E-state index contributed by atoms with van der Waals surface area (Å²) in [7, 11) is 3.19. The fourth-order valence-electron chi connectivity index (χ4n) is 3.68. The maximum absolute atomic E-state index is 13.4. The van der Waals surface area contributed by atoms with E-state index < -0.39 is 0 Å². The van der Waals surface area contributed by atoms with E-state index in [2.05, 4.69) is 5.32 Å². The van der Waals surface area contributed by atoms with Crippen LogP contribution in [0.25, 0.3) is 0 Å². The molecule has 8 nitrogen and oxygen atoms in total. The number of carbonyl (C=O) groups excluding carboxylic acids is 2. The van der Waals surface area contributed by atoms with Gasteiger partial charge in [0.15, 0.2) is 0 Å². The number of rotatable bonds is 9. The molecule has 0 bridgehead atoms. The lowest BCUT2D eigenvalue weighted by atomic mass is 9.98. The van der Waals surface area contributed by atoms with Gasteiger partial charge in [-0.3, -0.25) is 4.79 Å². The normalized spacial score (nSPS) is 15.4. The van der Waals surface area contributed by atoms with Gasteiger partial charge in [0, 0.05) is 31.7 Å². The fourth-order valence-corrected chi connectivity index (χ4v) is 3.68. The van der Waals surface area contributed by atoms with Crippen LogP contribution in [0.5, 0.6) is 5.75 Å². The summed E-state index contributed by atoms with van der Waals surface area (Å²) in [5.74, 6) is 0.476. The number of nitrogens with one attached hydrogen (secondary N) is 1. The topological polar surface area (TPSA) is 83.5 Å². The zero-order valence-electron chi connectivity index (χ0n) is 19.7. The van der Waals surface area contributed by atoms with Gasteiger partial charge in [-0.2, -0.15) is 5.10 Å². The summed E-state index contributed by atoms with van der Waals surface area (Å²) >= 11 is 0. The Labute approximate surface area is 195 Å². The number of nitrogens with zero attached hydrogens (tertiary/aromatic N) is 3. The van der Waals surface area contributed by atoms with Gasteiger partial charge in [-0.1, -0.05) is 42.5 Å². The highest BCUT2D eigenvalue weighted by Gasteiger charge is 2.34. The number of ether oxygens (including phenoxy) is 2. The first-order valence-electron chi connectivity index (χ1n) is 11.1. The number of hydrogen-bond donors (Lipinski definition) is 1. The largest absolute Gasteiger partial charge is 0.497 e. The molecule has 1 unspecified atom stereocenters. The smallest absolute Gasteiger partial charge is 0.318 e. The zero-order valence-corrected chi connectivity index (χ0v) is 19.7. The number of hydrogen-bond acceptors (Lipinski definition) is 5. The third kappa shape index (κ3) is 6.32. The van der Waals surface area contributed by atoms with Crippen LogP contribution < -0.4 is 10.1 Å². The molecule has 3 amide bonds. The third-order valence-corrected chi connectivity index (χ3v) is 5.34. The van der Waals surface area contributed by atoms with E-state index in [1.165, 1.54) is 9.91 Å². The van der Waals surface area contributed by atoms with Crippen molar-refractivity contribution >= 4 is 17.6 Å². The second-order valence-corrected chi connectivity index (χ2v) is 8.17. The molecule has 1 atom stereocenters. The molecule has 0 radical (unpaired) electrons. The molecule has 2 aromatic carbocycles. The molecule has 0 fully saturated rings. The molecule has 3 rings (SSSR count). The average molecular weight is 453 g/mol. The van der Waals surface area contributed by atoms with E-state index >= 15 is 0 Å². The minimum Gasteiger partial charge on any atom is -0.497 e. The predicted molar refractivity (Wildman–Crippen MR) is 127 cm³/mol. The molecule has 0 aromatic heterocycles. The first-order valence-corrected chi connectivity index (χ1v) is 11.1. The van der Waals surface area contributed by atoms with E-state index in [4.69, 9.17) is 14.6 Å². The van der Waals surface area contributed by atoms with Crippen molar-refractivity contribution in [1.29, 1.82) is 0 Å². The van der Waals surface area contributed by atoms with Crippen LogP contribution in [0.3, 0.4) is 0 Å². The Morgan fingerprint density at radius 1 is 1.15 bits per heavy atom. The van der Waals surface area contributed by atoms with Crippen LogP contribution >= 0.6 is 0 Å². The van der Waals surface area contributed by atoms with Gasteiger partial charge in [-0.25, -0.2) is 9.80 Å². The van der Waals surface area contributed by atoms with Gasteiger partial charge < -0.3 is 19.7 Å². The Hall–Kier alpha value is -3.39. The standard InChI is InChI=1S/C25H32N4O4/c1-18(2)26-25(31)28(13-14-32-3)17-24(30)29-23(19-9-6-5-7-10-19)16-22(27-29)20-11-8-12-21(15-20)33-4/h5-12,15,18,23H,13-14,16-17H2,1-4H3,(H,26,31). The number of benzene rings is 2. The molecule has 1 N–H and O–H groups in total. The highest BCUT2D eigenvalue weighted by Crippen LogP contribution is 2.33. The molecule has 176 valence electrons. The lowest BCUT2D eigenvalue weighted by molar-refractivity contribution is -0.133. The molecular weight excluding hydrogens is 420 g/mol. The molecule has 0 saturated carbocycles. The Kier molecular flexibility index (Phi) is 8.43. The molecular formula is C25H32N4O4. The van der Waals surface area contributed by atoms with Crippen molar-refractivity contribution in [3.8, 4) is 5.75 Å². The van der Waals surface area contributed by atoms with E-state index in [1.807, 2.05) is 68.4 Å². The fraction of sp³-hybridized carbons (Fsp3) is 0.400. The van der Waals surface area contributed by atoms with Crippen LogP contribution in [0.4, 0.5) is 4.79 Å². The first kappa shape index (κ1) is 24.3. The van der Waals surface area contributed by atoms with E-state index in [-0.39, 0.29) is 30.6 Å². The SMILES string of the molecule is COCCN(CC(=O)N1N=C(c2cccc(OC)c2)CC1c1ccccc1)C(=O)NC(C)C. The number of carbonyl (C=O) groups is 2. The van der Waals surface area contributed by atoms with Crippen LogP contribution in [0.15, 0.2) is 59.7 Å². The van der Waals surface area contributed by atoms with Crippen molar-refractivity contribution in [2.24, 2.45) is 5.10 Å². The molecule has 1 aliphatic rings. The van der Waals surface area contributed by atoms with Gasteiger partial charge >= 0.3 is 6.03 Å². The molecule has 8 heteroatoms. The van der Waals surface area contributed by atoms with Gasteiger partial charge in [0.05, 0.1) is 25.5 Å². The summed E-state index contributed by atoms with van der Waals surface area (Å²) in [5.41, 5.74) is 2.69. The minimum absolute atomic E-state index is 0.0424. The number of hydrazone groups is 1. The number of methoxy groups -OCH3 is 2. The van der Waals surface area contributed by atoms with Gasteiger partial charge in [-0.05, 0) is 31.5 Å². The van der Waals surface area contributed by atoms with Gasteiger partial charge in [0.2, 0.25) is 0 Å². The molecule has 1 aliphatic heterocycles. The van der Waals surface area contributed by atoms with Crippen LogP contribution in [0, 0.1) is 0 Å². The highest BCUT2D eigenvalue weighted by molar-refractivity contribution is 6.03. The van der Waals surface area contributed by atoms with E-state index in [0.717, 1.165) is 22.6 Å². The van der Waals surface area contributed by atoms with Crippen molar-refractivity contribution in [1.82, 2.24) is 15.2 Å². The van der Waals surface area contributed by atoms with E-state index in [9.17, 15) is 9.59 Å². The Balaban J connectivity index is 1.88. The van der Waals surface area contributed by atoms with Crippen molar-refractivity contribution < 1.29 is 19.1 Å². The minimum atomic E-state index is -0.303. The van der Waals surface area contributed by atoms with E-state index in [1.54, 1.807) is 14.2 Å². The summed E-state index contributed by atoms with van der Waals surface area (Å²) in [6.45, 7) is 4.30. The molecule has 2 aromatic rings. The maximum Gasteiger partial charge on any atom is 0.318 e. The van der Waals surface area contributed by atoms with Crippen molar-refractivity contribution in [3.63, 3.8) is 0 Å². The second kappa shape index (κ2) is 11.5. The summed E-state index contributed by atoms with van der Waals surface area (Å²) in [6.07, 6.45) is 0.569. The summed E-state index contributed by atoms with van der Waals surface area (Å²) < 4.78 is 10.5. The Morgan fingerprint density at radius 2 is 1.91 bits per heavy atom. The number of urea groups is 1. The molecule has 0 aliphatic carbocycles. The summed E-state index contributed by atoms with van der Waals surface area (Å²) in [5, 5.41) is 9.06. The van der Waals surface area contributed by atoms with Crippen molar-refractivity contribution in [2.75, 3.05) is 33.9 Å². The maximum atomic E-state index is 13.4. The third-order valence-electron chi connectivity index (χ3n) is 5.34. The second-order valence-electron chi connectivity index (χ2n) is 8.17. The highest BCUT2D eigenvalue weighted by atomic mass is 16.5. The first-order chi connectivity index (χ1) is 15.9. The Morgan fingerprint density at radius 3 is 2.58 bits per heavy atom. The van der Waals surface area contributed by atoms with Crippen LogP contribution in [0.1, 0.15) is 37.4 Å². The molecule has 0 spiro atoms. The van der Waals surface area contributed by atoms with Crippen LogP contribution in [-0.4, -0.2) is 67.5 Å². The molecule has 0 saturated heterocycles. The van der Waals surface area contributed by atoms with Crippen molar-refractivity contribution in [3.05, 3.63) is 65.7 Å². The van der Waals surface area contributed by atoms with Gasteiger partial charge in [-0.15, -0.1) is 0 Å². The summed E-state index contributed by atoms with van der Waals surface area (Å²) in [4.78, 5) is 27.5. The predicted octanol–water partition coefficient (Wildman–Crippen LogP) is 3.44. The molecule has 1 heterocycles. The average Bonchev–Trinajstić information content (AvgIpc) is 3.27. The van der Waals surface area contributed by atoms with Gasteiger partial charge in [0.25, 0.3) is 5.91 Å². The van der Waals surface area contributed by atoms with E-state index in [0.29, 0.717) is 19.6 Å². The molecule has 33 heavy (non-hydrogen) atoms. The number of amides is 3. The van der Waals surface area contributed by atoms with Crippen LogP contribution in [-0.2, 0) is 9.53 Å². The van der Waals surface area contributed by atoms with Crippen molar-refractivity contribution in [2.45, 2.75) is 32.4 Å². The quantitative estimate of drug-likeness (QED) is 0.632. The summed E-state index contributed by atoms with van der Waals surface area (Å²) in [6, 6.07) is 16.9. The van der Waals surface area contributed by atoms with Crippen LogP contribution in [0.2, 0.25) is 0 Å². The lowest BCUT2D eigenvalue weighted by Gasteiger charge is -2.27. The monoisotopic (exact) mass is 452 g/mol. The van der Waals surface area contributed by atoms with Gasteiger partial charge in [0.1, 0.15) is 12.3 Å².